The number of hydrogen-bond acceptors (Lipinski definition) is 4. The number of carbonyl (C=O) groups excluding carboxylic acids is 1. The smallest absolute Gasteiger partial charge is 0.356 e. The summed E-state index contributed by atoms with van der Waals surface area (Å²) in [5.74, 6) is -0.923. The van der Waals surface area contributed by atoms with Crippen molar-refractivity contribution in [3.8, 4) is 22.5 Å². The standard InChI is InChI=1S/C20H12Cl2FN3O2/c1-28-20(27)18-9-17(14-7-4-12(21)8-15(14)22)24-19-10-16(25-26(18)19)11-2-5-13(23)6-3-11/h2-10H,1H3. The highest BCUT2D eigenvalue weighted by molar-refractivity contribution is 6.36. The van der Waals surface area contributed by atoms with Crippen molar-refractivity contribution >= 4 is 34.8 Å². The monoisotopic (exact) mass is 415 g/mol. The maximum absolute atomic E-state index is 13.2. The summed E-state index contributed by atoms with van der Waals surface area (Å²) in [5.41, 5.74) is 2.92. The maximum Gasteiger partial charge on any atom is 0.356 e. The van der Waals surface area contributed by atoms with Crippen molar-refractivity contribution in [2.75, 3.05) is 7.11 Å². The van der Waals surface area contributed by atoms with Crippen LogP contribution in [0.2, 0.25) is 10.0 Å². The van der Waals surface area contributed by atoms with Crippen molar-refractivity contribution in [1.82, 2.24) is 14.6 Å². The topological polar surface area (TPSA) is 56.5 Å². The molecular formula is C20H12Cl2FN3O2. The highest BCUT2D eigenvalue weighted by Gasteiger charge is 2.18. The molecule has 2 aromatic heterocycles. The average molecular weight is 416 g/mol. The Labute approximate surface area is 169 Å². The molecule has 28 heavy (non-hydrogen) atoms. The molecule has 0 spiro atoms. The Morgan fingerprint density at radius 3 is 2.46 bits per heavy atom. The van der Waals surface area contributed by atoms with Crippen molar-refractivity contribution in [3.05, 3.63) is 76.2 Å². The molecule has 4 aromatic rings. The van der Waals surface area contributed by atoms with E-state index in [0.29, 0.717) is 38.2 Å². The van der Waals surface area contributed by atoms with Crippen LogP contribution in [0.4, 0.5) is 4.39 Å². The molecule has 0 aliphatic rings. The minimum Gasteiger partial charge on any atom is -0.464 e. The number of fused-ring (bicyclic) bond motifs is 1. The molecule has 0 radical (unpaired) electrons. The fourth-order valence-electron chi connectivity index (χ4n) is 2.82. The van der Waals surface area contributed by atoms with Gasteiger partial charge in [-0.25, -0.2) is 18.7 Å². The van der Waals surface area contributed by atoms with Gasteiger partial charge in [0, 0.05) is 22.2 Å². The van der Waals surface area contributed by atoms with Gasteiger partial charge in [-0.1, -0.05) is 23.2 Å². The molecule has 0 bridgehead atoms. The van der Waals surface area contributed by atoms with Gasteiger partial charge in [-0.05, 0) is 48.5 Å². The average Bonchev–Trinajstić information content (AvgIpc) is 3.11. The van der Waals surface area contributed by atoms with Gasteiger partial charge in [-0.2, -0.15) is 5.10 Å². The SMILES string of the molecule is COC(=O)c1cc(-c2ccc(Cl)cc2Cl)nc2cc(-c3ccc(F)cc3)nn12. The fourth-order valence-corrected chi connectivity index (χ4v) is 3.33. The Balaban J connectivity index is 1.93. The second kappa shape index (κ2) is 7.22. The van der Waals surface area contributed by atoms with Gasteiger partial charge < -0.3 is 4.74 Å². The van der Waals surface area contributed by atoms with Crippen molar-refractivity contribution in [1.29, 1.82) is 0 Å². The summed E-state index contributed by atoms with van der Waals surface area (Å²) in [4.78, 5) is 16.9. The third kappa shape index (κ3) is 3.32. The van der Waals surface area contributed by atoms with E-state index in [1.165, 1.54) is 23.8 Å². The minimum atomic E-state index is -0.576. The number of aromatic nitrogens is 3. The molecule has 8 heteroatoms. The van der Waals surface area contributed by atoms with Crippen LogP contribution in [-0.2, 0) is 4.74 Å². The second-order valence-corrected chi connectivity index (χ2v) is 6.79. The molecule has 0 unspecified atom stereocenters. The van der Waals surface area contributed by atoms with Crippen molar-refractivity contribution in [2.24, 2.45) is 0 Å². The van der Waals surface area contributed by atoms with Crippen LogP contribution >= 0.6 is 23.2 Å². The molecule has 4 rings (SSSR count). The number of rotatable bonds is 3. The number of esters is 1. The molecule has 0 atom stereocenters. The van der Waals surface area contributed by atoms with Gasteiger partial charge in [0.2, 0.25) is 0 Å². The third-order valence-corrected chi connectivity index (χ3v) is 4.72. The van der Waals surface area contributed by atoms with E-state index in [0.717, 1.165) is 0 Å². The predicted molar refractivity (Wildman–Crippen MR) is 105 cm³/mol. The largest absolute Gasteiger partial charge is 0.464 e. The molecule has 5 nitrogen and oxygen atoms in total. The molecule has 0 N–H and O–H groups in total. The number of benzene rings is 2. The lowest BCUT2D eigenvalue weighted by Gasteiger charge is -2.08. The molecule has 0 aliphatic carbocycles. The van der Waals surface area contributed by atoms with Gasteiger partial charge in [-0.3, -0.25) is 0 Å². The summed E-state index contributed by atoms with van der Waals surface area (Å²) >= 11 is 12.3. The summed E-state index contributed by atoms with van der Waals surface area (Å²) in [6.45, 7) is 0. The number of methoxy groups -OCH3 is 1. The number of ether oxygens (including phenoxy) is 1. The van der Waals surface area contributed by atoms with Crippen LogP contribution in [0.1, 0.15) is 10.5 Å². The second-order valence-electron chi connectivity index (χ2n) is 5.95. The minimum absolute atomic E-state index is 0.182. The van der Waals surface area contributed by atoms with E-state index in [1.54, 1.807) is 42.5 Å². The lowest BCUT2D eigenvalue weighted by atomic mass is 10.1. The highest BCUT2D eigenvalue weighted by atomic mass is 35.5. The molecule has 2 aromatic carbocycles. The predicted octanol–water partition coefficient (Wildman–Crippen LogP) is 5.30. The number of nitrogens with zero attached hydrogens (tertiary/aromatic N) is 3. The molecule has 0 saturated heterocycles. The molecule has 140 valence electrons. The lowest BCUT2D eigenvalue weighted by molar-refractivity contribution is 0.0590. The quantitative estimate of drug-likeness (QED) is 0.426. The van der Waals surface area contributed by atoms with Crippen molar-refractivity contribution in [3.63, 3.8) is 0 Å². The van der Waals surface area contributed by atoms with E-state index in [4.69, 9.17) is 27.9 Å². The van der Waals surface area contributed by atoms with Crippen LogP contribution in [0.15, 0.2) is 54.6 Å². The third-order valence-electron chi connectivity index (χ3n) is 4.17. The van der Waals surface area contributed by atoms with E-state index in [9.17, 15) is 9.18 Å². The Morgan fingerprint density at radius 1 is 1.04 bits per heavy atom. The van der Waals surface area contributed by atoms with Crippen LogP contribution in [0.25, 0.3) is 28.2 Å². The van der Waals surface area contributed by atoms with Crippen LogP contribution < -0.4 is 0 Å². The molecule has 0 aliphatic heterocycles. The fraction of sp³-hybridized carbons (Fsp3) is 0.0500. The molecule has 0 amide bonds. The van der Waals surface area contributed by atoms with Crippen LogP contribution in [0, 0.1) is 5.82 Å². The summed E-state index contributed by atoms with van der Waals surface area (Å²) in [5, 5.41) is 5.32. The first-order valence-electron chi connectivity index (χ1n) is 8.17. The number of halogens is 3. The van der Waals surface area contributed by atoms with Gasteiger partial charge in [0.1, 0.15) is 5.82 Å². The zero-order chi connectivity index (χ0) is 19.8. The van der Waals surface area contributed by atoms with Crippen LogP contribution in [0.3, 0.4) is 0 Å². The number of carbonyl (C=O) groups is 1. The summed E-state index contributed by atoms with van der Waals surface area (Å²) in [6.07, 6.45) is 0. The summed E-state index contributed by atoms with van der Waals surface area (Å²) in [7, 11) is 1.29. The van der Waals surface area contributed by atoms with E-state index < -0.39 is 5.97 Å². The first-order valence-corrected chi connectivity index (χ1v) is 8.92. The Bertz CT molecular complexity index is 1210. The molecule has 0 saturated carbocycles. The summed E-state index contributed by atoms with van der Waals surface area (Å²) in [6, 6.07) is 14.1. The van der Waals surface area contributed by atoms with Crippen LogP contribution in [-0.4, -0.2) is 27.7 Å². The van der Waals surface area contributed by atoms with Gasteiger partial charge in [0.15, 0.2) is 11.3 Å². The first kappa shape index (κ1) is 18.4. The molecule has 0 fully saturated rings. The van der Waals surface area contributed by atoms with Gasteiger partial charge >= 0.3 is 5.97 Å². The summed E-state index contributed by atoms with van der Waals surface area (Å²) < 4.78 is 19.5. The van der Waals surface area contributed by atoms with Crippen molar-refractivity contribution < 1.29 is 13.9 Å². The Morgan fingerprint density at radius 2 is 1.79 bits per heavy atom. The Hall–Kier alpha value is -2.96. The van der Waals surface area contributed by atoms with Gasteiger partial charge in [0.05, 0.1) is 23.5 Å². The first-order chi connectivity index (χ1) is 13.5. The van der Waals surface area contributed by atoms with E-state index in [-0.39, 0.29) is 11.5 Å². The normalized spacial score (nSPS) is 11.0. The molecular weight excluding hydrogens is 404 g/mol. The van der Waals surface area contributed by atoms with E-state index in [2.05, 4.69) is 10.1 Å². The zero-order valence-electron chi connectivity index (χ0n) is 14.5. The van der Waals surface area contributed by atoms with Gasteiger partial charge in [-0.15, -0.1) is 0 Å². The van der Waals surface area contributed by atoms with Crippen LogP contribution in [0.5, 0.6) is 0 Å². The molecule has 2 heterocycles. The Kier molecular flexibility index (Phi) is 4.75. The number of hydrogen-bond donors (Lipinski definition) is 0. The van der Waals surface area contributed by atoms with E-state index >= 15 is 0 Å². The van der Waals surface area contributed by atoms with Gasteiger partial charge in [0.25, 0.3) is 0 Å². The van der Waals surface area contributed by atoms with E-state index in [1.807, 2.05) is 0 Å². The maximum atomic E-state index is 13.2. The highest BCUT2D eigenvalue weighted by Crippen LogP contribution is 2.31. The lowest BCUT2D eigenvalue weighted by Crippen LogP contribution is -2.10. The zero-order valence-corrected chi connectivity index (χ0v) is 16.0. The van der Waals surface area contributed by atoms with Crippen molar-refractivity contribution in [2.45, 2.75) is 0 Å².